The molecule has 1 aromatic heterocycles. The molecule has 0 unspecified atom stereocenters. The first-order valence-electron chi connectivity index (χ1n) is 12.4. The first-order chi connectivity index (χ1) is 17.4. The Hall–Kier alpha value is -2.75. The Morgan fingerprint density at radius 3 is 2.33 bits per heavy atom. The van der Waals surface area contributed by atoms with Crippen LogP contribution in [-0.2, 0) is 27.7 Å². The standard InChI is InChI=1S/C27H35N3O4S2/c1-4-6-7-9-20-10-16-23(17-11-20)36(32,33)28-19-18-24-26(21-12-14-22(34-3)15-13-21)30-27(35-24)29-25(31)8-5-2/h10-17,28H,4-9,18-19H2,1-3H3,(H,29,30,31). The fourth-order valence-electron chi connectivity index (χ4n) is 3.75. The van der Waals surface area contributed by atoms with Crippen molar-refractivity contribution in [2.45, 2.75) is 63.7 Å². The maximum absolute atomic E-state index is 12.8. The summed E-state index contributed by atoms with van der Waals surface area (Å²) in [7, 11) is -2.02. The molecule has 194 valence electrons. The van der Waals surface area contributed by atoms with E-state index in [1.807, 2.05) is 43.3 Å². The fraction of sp³-hybridized carbons (Fsp3) is 0.407. The lowest BCUT2D eigenvalue weighted by atomic mass is 10.1. The van der Waals surface area contributed by atoms with Crippen LogP contribution >= 0.6 is 11.3 Å². The van der Waals surface area contributed by atoms with Gasteiger partial charge in [-0.2, -0.15) is 0 Å². The summed E-state index contributed by atoms with van der Waals surface area (Å²) in [6.45, 7) is 4.33. The van der Waals surface area contributed by atoms with E-state index in [9.17, 15) is 13.2 Å². The predicted molar refractivity (Wildman–Crippen MR) is 146 cm³/mol. The van der Waals surface area contributed by atoms with Crippen molar-refractivity contribution < 1.29 is 17.9 Å². The van der Waals surface area contributed by atoms with Crippen LogP contribution in [0.1, 0.15) is 56.4 Å². The van der Waals surface area contributed by atoms with Crippen LogP contribution in [0.25, 0.3) is 11.3 Å². The Balaban J connectivity index is 1.71. The van der Waals surface area contributed by atoms with Gasteiger partial charge in [-0.1, -0.05) is 38.8 Å². The number of rotatable bonds is 14. The van der Waals surface area contributed by atoms with Gasteiger partial charge in [-0.15, -0.1) is 11.3 Å². The monoisotopic (exact) mass is 529 g/mol. The third kappa shape index (κ3) is 7.88. The number of unbranched alkanes of at least 4 members (excludes halogenated alkanes) is 2. The molecule has 3 aromatic rings. The Kier molecular flexibility index (Phi) is 10.5. The molecule has 0 atom stereocenters. The Labute approximate surface area is 218 Å². The molecule has 0 aliphatic carbocycles. The normalized spacial score (nSPS) is 11.4. The summed E-state index contributed by atoms with van der Waals surface area (Å²) in [5.41, 5.74) is 2.75. The second-order valence-electron chi connectivity index (χ2n) is 8.57. The summed E-state index contributed by atoms with van der Waals surface area (Å²) in [6, 6.07) is 14.6. The highest BCUT2D eigenvalue weighted by atomic mass is 32.2. The van der Waals surface area contributed by atoms with E-state index in [0.717, 1.165) is 53.1 Å². The number of aryl methyl sites for hydroxylation is 1. The van der Waals surface area contributed by atoms with Gasteiger partial charge in [0.1, 0.15) is 5.75 Å². The number of carbonyl (C=O) groups is 1. The summed E-state index contributed by atoms with van der Waals surface area (Å²) in [4.78, 5) is 17.9. The Morgan fingerprint density at radius 1 is 0.972 bits per heavy atom. The molecule has 0 bridgehead atoms. The number of ether oxygens (including phenoxy) is 1. The van der Waals surface area contributed by atoms with Gasteiger partial charge in [0.05, 0.1) is 17.7 Å². The predicted octanol–water partition coefficient (Wildman–Crippen LogP) is 5.81. The summed E-state index contributed by atoms with van der Waals surface area (Å²) in [5.74, 6) is 0.647. The lowest BCUT2D eigenvalue weighted by Gasteiger charge is -2.08. The van der Waals surface area contributed by atoms with Crippen LogP contribution in [0.2, 0.25) is 0 Å². The van der Waals surface area contributed by atoms with Crippen molar-refractivity contribution in [2.24, 2.45) is 0 Å². The first-order valence-corrected chi connectivity index (χ1v) is 14.7. The van der Waals surface area contributed by atoms with E-state index in [1.54, 1.807) is 19.2 Å². The average molecular weight is 530 g/mol. The van der Waals surface area contributed by atoms with Gasteiger partial charge in [-0.3, -0.25) is 4.79 Å². The number of anilines is 1. The van der Waals surface area contributed by atoms with Gasteiger partial charge in [0.15, 0.2) is 5.13 Å². The molecule has 0 aliphatic rings. The van der Waals surface area contributed by atoms with Gasteiger partial charge in [0.2, 0.25) is 15.9 Å². The summed E-state index contributed by atoms with van der Waals surface area (Å²) >= 11 is 1.37. The van der Waals surface area contributed by atoms with Gasteiger partial charge in [0, 0.05) is 23.4 Å². The second-order valence-corrected chi connectivity index (χ2v) is 11.4. The van der Waals surface area contributed by atoms with Gasteiger partial charge in [-0.25, -0.2) is 18.1 Å². The van der Waals surface area contributed by atoms with E-state index in [0.29, 0.717) is 18.0 Å². The first kappa shape index (κ1) is 27.8. The molecular weight excluding hydrogens is 494 g/mol. The lowest BCUT2D eigenvalue weighted by Crippen LogP contribution is -2.25. The molecule has 0 fully saturated rings. The maximum atomic E-state index is 12.8. The number of thiazole rings is 1. The van der Waals surface area contributed by atoms with Crippen molar-refractivity contribution in [1.82, 2.24) is 9.71 Å². The van der Waals surface area contributed by atoms with E-state index >= 15 is 0 Å². The van der Waals surface area contributed by atoms with Crippen LogP contribution in [0.5, 0.6) is 5.75 Å². The molecule has 1 heterocycles. The van der Waals surface area contributed by atoms with Crippen molar-refractivity contribution in [1.29, 1.82) is 0 Å². The molecule has 0 aliphatic heterocycles. The summed E-state index contributed by atoms with van der Waals surface area (Å²) in [5, 5.41) is 3.37. The molecule has 7 nitrogen and oxygen atoms in total. The number of sulfonamides is 1. The number of hydrogen-bond acceptors (Lipinski definition) is 6. The Bertz CT molecular complexity index is 1220. The minimum Gasteiger partial charge on any atom is -0.497 e. The highest BCUT2D eigenvalue weighted by Crippen LogP contribution is 2.32. The minimum atomic E-state index is -3.63. The van der Waals surface area contributed by atoms with Crippen LogP contribution in [0.3, 0.4) is 0 Å². The van der Waals surface area contributed by atoms with Gasteiger partial charge >= 0.3 is 0 Å². The van der Waals surface area contributed by atoms with Crippen LogP contribution < -0.4 is 14.8 Å². The number of nitrogens with one attached hydrogen (secondary N) is 2. The van der Waals surface area contributed by atoms with Gasteiger partial charge in [-0.05, 0) is 67.6 Å². The van der Waals surface area contributed by atoms with Crippen molar-refractivity contribution in [2.75, 3.05) is 19.0 Å². The molecule has 0 saturated heterocycles. The van der Waals surface area contributed by atoms with Crippen LogP contribution in [0.15, 0.2) is 53.4 Å². The number of carbonyl (C=O) groups excluding carboxylic acids is 1. The number of amides is 1. The zero-order valence-electron chi connectivity index (χ0n) is 21.2. The quantitative estimate of drug-likeness (QED) is 0.257. The highest BCUT2D eigenvalue weighted by Gasteiger charge is 2.18. The number of methoxy groups -OCH3 is 1. The minimum absolute atomic E-state index is 0.0853. The molecule has 0 radical (unpaired) electrons. The van der Waals surface area contributed by atoms with Crippen LogP contribution in [-0.4, -0.2) is 33.0 Å². The highest BCUT2D eigenvalue weighted by molar-refractivity contribution is 7.89. The third-order valence-corrected chi connectivity index (χ3v) is 8.24. The third-order valence-electron chi connectivity index (χ3n) is 5.73. The topological polar surface area (TPSA) is 97.4 Å². The van der Waals surface area contributed by atoms with E-state index < -0.39 is 10.0 Å². The average Bonchev–Trinajstić information content (AvgIpc) is 3.26. The fourth-order valence-corrected chi connectivity index (χ4v) is 5.79. The molecular formula is C27H35N3O4S2. The van der Waals surface area contributed by atoms with Crippen LogP contribution in [0, 0.1) is 0 Å². The smallest absolute Gasteiger partial charge is 0.240 e. The second kappa shape index (κ2) is 13.5. The Morgan fingerprint density at radius 2 is 1.69 bits per heavy atom. The maximum Gasteiger partial charge on any atom is 0.240 e. The number of benzene rings is 2. The number of hydrogen-bond donors (Lipinski definition) is 2. The van der Waals surface area contributed by atoms with Gasteiger partial charge < -0.3 is 10.1 Å². The molecule has 2 N–H and O–H groups in total. The van der Waals surface area contributed by atoms with Crippen molar-refractivity contribution in [3.63, 3.8) is 0 Å². The van der Waals surface area contributed by atoms with E-state index in [4.69, 9.17) is 4.74 Å². The number of aromatic nitrogens is 1. The largest absolute Gasteiger partial charge is 0.497 e. The van der Waals surface area contributed by atoms with E-state index in [-0.39, 0.29) is 17.3 Å². The molecule has 1 amide bonds. The van der Waals surface area contributed by atoms with Gasteiger partial charge in [0.25, 0.3) is 0 Å². The zero-order chi connectivity index (χ0) is 26.0. The lowest BCUT2D eigenvalue weighted by molar-refractivity contribution is -0.116. The summed E-state index contributed by atoms with van der Waals surface area (Å²) in [6.07, 6.45) is 5.99. The molecule has 3 rings (SSSR count). The van der Waals surface area contributed by atoms with Crippen molar-refractivity contribution in [3.05, 3.63) is 59.0 Å². The molecule has 2 aromatic carbocycles. The van der Waals surface area contributed by atoms with E-state index in [1.165, 1.54) is 17.8 Å². The summed E-state index contributed by atoms with van der Waals surface area (Å²) < 4.78 is 33.6. The number of nitrogens with zero attached hydrogens (tertiary/aromatic N) is 1. The molecule has 36 heavy (non-hydrogen) atoms. The van der Waals surface area contributed by atoms with Crippen molar-refractivity contribution in [3.8, 4) is 17.0 Å². The van der Waals surface area contributed by atoms with Crippen molar-refractivity contribution >= 4 is 32.4 Å². The molecule has 0 spiro atoms. The van der Waals surface area contributed by atoms with E-state index in [2.05, 4.69) is 21.9 Å². The molecule has 9 heteroatoms. The molecule has 0 saturated carbocycles. The zero-order valence-corrected chi connectivity index (χ0v) is 22.8. The SMILES string of the molecule is CCCCCc1ccc(S(=O)(=O)NCCc2sc(NC(=O)CCC)nc2-c2ccc(OC)cc2)cc1. The van der Waals surface area contributed by atoms with Crippen LogP contribution in [0.4, 0.5) is 5.13 Å².